The highest BCUT2D eigenvalue weighted by Crippen LogP contribution is 2.34. The van der Waals surface area contributed by atoms with Crippen LogP contribution in [0.25, 0.3) is 0 Å². The van der Waals surface area contributed by atoms with Crippen LogP contribution in [0.5, 0.6) is 0 Å². The second-order valence-electron chi connectivity index (χ2n) is 3.46. The van der Waals surface area contributed by atoms with Crippen molar-refractivity contribution in [3.63, 3.8) is 0 Å². The number of thioether (sulfide) groups is 1. The molecule has 1 unspecified atom stereocenters. The van der Waals surface area contributed by atoms with Crippen molar-refractivity contribution in [2.75, 3.05) is 18.8 Å². The third kappa shape index (κ3) is 2.12. The quantitative estimate of drug-likeness (QED) is 0.841. The van der Waals surface area contributed by atoms with Gasteiger partial charge in [-0.2, -0.15) is 0 Å². The van der Waals surface area contributed by atoms with Gasteiger partial charge in [0.05, 0.1) is 16.0 Å². The van der Waals surface area contributed by atoms with Crippen LogP contribution in [-0.4, -0.2) is 23.8 Å². The van der Waals surface area contributed by atoms with Gasteiger partial charge < -0.3 is 5.32 Å². The molecule has 0 bridgehead atoms. The van der Waals surface area contributed by atoms with E-state index in [9.17, 15) is 0 Å². The van der Waals surface area contributed by atoms with Gasteiger partial charge in [-0.15, -0.1) is 23.1 Å². The minimum Gasteiger partial charge on any atom is -0.314 e. The Labute approximate surface area is 93.5 Å². The van der Waals surface area contributed by atoms with E-state index in [1.54, 1.807) is 0 Å². The molecule has 1 N–H and O–H groups in total. The van der Waals surface area contributed by atoms with Crippen molar-refractivity contribution in [1.82, 2.24) is 10.3 Å². The highest BCUT2D eigenvalue weighted by Gasteiger charge is 2.21. The Bertz CT molecular complexity index is 303. The number of aryl methyl sites for hydroxylation is 2. The van der Waals surface area contributed by atoms with E-state index in [0.717, 1.165) is 19.5 Å². The average Bonchev–Trinajstić information content (AvgIpc) is 2.61. The van der Waals surface area contributed by atoms with Gasteiger partial charge in [0.25, 0.3) is 0 Å². The van der Waals surface area contributed by atoms with Gasteiger partial charge in [-0.1, -0.05) is 6.92 Å². The van der Waals surface area contributed by atoms with Gasteiger partial charge in [0.15, 0.2) is 0 Å². The standard InChI is InChI=1S/C10H16N2S2/c1-3-8-10(12-7(2)14-8)9-6-11-4-5-13-9/h9,11H,3-6H2,1-2H3. The predicted octanol–water partition coefficient (Wildman–Crippen LogP) is 2.39. The molecule has 2 nitrogen and oxygen atoms in total. The first kappa shape index (κ1) is 10.5. The summed E-state index contributed by atoms with van der Waals surface area (Å²) in [6, 6.07) is 0. The zero-order chi connectivity index (χ0) is 9.97. The van der Waals surface area contributed by atoms with Crippen molar-refractivity contribution in [2.45, 2.75) is 25.5 Å². The topological polar surface area (TPSA) is 24.9 Å². The van der Waals surface area contributed by atoms with Crippen LogP contribution in [-0.2, 0) is 6.42 Å². The summed E-state index contributed by atoms with van der Waals surface area (Å²) < 4.78 is 0. The first-order valence-electron chi connectivity index (χ1n) is 5.09. The molecule has 1 fully saturated rings. The molecule has 4 heteroatoms. The van der Waals surface area contributed by atoms with Gasteiger partial charge in [-0.3, -0.25) is 0 Å². The Morgan fingerprint density at radius 2 is 2.43 bits per heavy atom. The van der Waals surface area contributed by atoms with Crippen LogP contribution in [0.4, 0.5) is 0 Å². The van der Waals surface area contributed by atoms with E-state index < -0.39 is 0 Å². The minimum absolute atomic E-state index is 0.587. The lowest BCUT2D eigenvalue weighted by molar-refractivity contribution is 0.678. The highest BCUT2D eigenvalue weighted by molar-refractivity contribution is 7.99. The molecule has 1 aromatic rings. The van der Waals surface area contributed by atoms with E-state index in [0.29, 0.717) is 5.25 Å². The molecule has 0 amide bonds. The number of nitrogens with one attached hydrogen (secondary N) is 1. The second-order valence-corrected chi connectivity index (χ2v) is 6.06. The Kier molecular flexibility index (Phi) is 3.47. The molecule has 1 aliphatic heterocycles. The molecule has 2 rings (SSSR count). The third-order valence-corrected chi connectivity index (χ3v) is 4.75. The summed E-state index contributed by atoms with van der Waals surface area (Å²) in [6.07, 6.45) is 1.12. The summed E-state index contributed by atoms with van der Waals surface area (Å²) in [5.41, 5.74) is 1.34. The maximum Gasteiger partial charge on any atom is 0.0900 e. The first-order chi connectivity index (χ1) is 6.81. The molecule has 1 saturated heterocycles. The number of nitrogens with zero attached hydrogens (tertiary/aromatic N) is 1. The van der Waals surface area contributed by atoms with Crippen molar-refractivity contribution in [3.8, 4) is 0 Å². The fourth-order valence-electron chi connectivity index (χ4n) is 1.73. The molecule has 14 heavy (non-hydrogen) atoms. The maximum atomic E-state index is 4.66. The van der Waals surface area contributed by atoms with Crippen LogP contribution in [0.3, 0.4) is 0 Å². The average molecular weight is 228 g/mol. The SMILES string of the molecule is CCc1sc(C)nc1C1CNCCS1. The number of aromatic nitrogens is 1. The van der Waals surface area contributed by atoms with E-state index in [2.05, 4.69) is 24.1 Å². The van der Waals surface area contributed by atoms with Gasteiger partial charge in [0, 0.05) is 23.7 Å². The summed E-state index contributed by atoms with van der Waals surface area (Å²) in [6.45, 7) is 6.55. The highest BCUT2D eigenvalue weighted by atomic mass is 32.2. The van der Waals surface area contributed by atoms with Gasteiger partial charge in [-0.05, 0) is 13.3 Å². The molecule has 0 aromatic carbocycles. The first-order valence-corrected chi connectivity index (χ1v) is 6.96. The molecule has 0 saturated carbocycles. The molecular formula is C10H16N2S2. The molecule has 0 aliphatic carbocycles. The molecule has 1 aliphatic rings. The zero-order valence-electron chi connectivity index (χ0n) is 8.67. The van der Waals surface area contributed by atoms with Gasteiger partial charge in [0.2, 0.25) is 0 Å². The smallest absolute Gasteiger partial charge is 0.0900 e. The Balaban J connectivity index is 2.20. The van der Waals surface area contributed by atoms with Gasteiger partial charge >= 0.3 is 0 Å². The molecule has 2 heterocycles. The van der Waals surface area contributed by atoms with E-state index in [-0.39, 0.29) is 0 Å². The lowest BCUT2D eigenvalue weighted by Crippen LogP contribution is -2.28. The largest absolute Gasteiger partial charge is 0.314 e. The van der Waals surface area contributed by atoms with E-state index >= 15 is 0 Å². The van der Waals surface area contributed by atoms with Crippen LogP contribution in [0.15, 0.2) is 0 Å². The summed E-state index contributed by atoms with van der Waals surface area (Å²) in [4.78, 5) is 6.14. The van der Waals surface area contributed by atoms with Crippen LogP contribution < -0.4 is 5.32 Å². The molecule has 78 valence electrons. The monoisotopic (exact) mass is 228 g/mol. The van der Waals surface area contributed by atoms with E-state index in [1.807, 2.05) is 23.1 Å². The molecule has 0 radical (unpaired) electrons. The van der Waals surface area contributed by atoms with Crippen LogP contribution in [0.1, 0.15) is 27.8 Å². The van der Waals surface area contributed by atoms with Gasteiger partial charge in [0.1, 0.15) is 0 Å². The summed E-state index contributed by atoms with van der Waals surface area (Å²) in [5.74, 6) is 1.21. The van der Waals surface area contributed by atoms with Gasteiger partial charge in [-0.25, -0.2) is 4.98 Å². The minimum atomic E-state index is 0.587. The fourth-order valence-corrected chi connectivity index (χ4v) is 3.88. The Morgan fingerprint density at radius 1 is 1.57 bits per heavy atom. The molecule has 1 atom stereocenters. The van der Waals surface area contributed by atoms with E-state index in [1.165, 1.54) is 21.3 Å². The lowest BCUT2D eigenvalue weighted by Gasteiger charge is -2.21. The lowest BCUT2D eigenvalue weighted by atomic mass is 10.2. The number of hydrogen-bond acceptors (Lipinski definition) is 4. The Hall–Kier alpha value is -0.0600. The molecule has 1 aromatic heterocycles. The molecule has 0 spiro atoms. The van der Waals surface area contributed by atoms with Crippen molar-refractivity contribution in [1.29, 1.82) is 0 Å². The summed E-state index contributed by atoms with van der Waals surface area (Å²) >= 11 is 3.90. The van der Waals surface area contributed by atoms with Crippen molar-refractivity contribution in [2.24, 2.45) is 0 Å². The predicted molar refractivity (Wildman–Crippen MR) is 64.3 cm³/mol. The van der Waals surface area contributed by atoms with E-state index in [4.69, 9.17) is 0 Å². The normalized spacial score (nSPS) is 22.6. The summed E-state index contributed by atoms with van der Waals surface area (Å²) in [5, 5.41) is 5.24. The van der Waals surface area contributed by atoms with Crippen LogP contribution in [0, 0.1) is 6.92 Å². The summed E-state index contributed by atoms with van der Waals surface area (Å²) in [7, 11) is 0. The van der Waals surface area contributed by atoms with Crippen LogP contribution >= 0.6 is 23.1 Å². The second kappa shape index (κ2) is 4.64. The third-order valence-electron chi connectivity index (χ3n) is 2.39. The zero-order valence-corrected chi connectivity index (χ0v) is 10.3. The number of rotatable bonds is 2. The Morgan fingerprint density at radius 3 is 3.07 bits per heavy atom. The van der Waals surface area contributed by atoms with Crippen LogP contribution in [0.2, 0.25) is 0 Å². The van der Waals surface area contributed by atoms with Crippen molar-refractivity contribution >= 4 is 23.1 Å². The molecular weight excluding hydrogens is 212 g/mol. The maximum absolute atomic E-state index is 4.66. The fraction of sp³-hybridized carbons (Fsp3) is 0.700. The van der Waals surface area contributed by atoms with Crippen molar-refractivity contribution < 1.29 is 0 Å². The van der Waals surface area contributed by atoms with Crippen molar-refractivity contribution in [3.05, 3.63) is 15.6 Å². The number of hydrogen-bond donors (Lipinski definition) is 1. The number of thiazole rings is 1.